The number of carboxylic acid groups (broad SMARTS) is 1. The van der Waals surface area contributed by atoms with Crippen LogP contribution in [0.5, 0.6) is 0 Å². The van der Waals surface area contributed by atoms with Gasteiger partial charge in [0.25, 0.3) is 0 Å². The third-order valence-electron chi connectivity index (χ3n) is 10.8. The molecule has 2 amide bonds. The predicted octanol–water partition coefficient (Wildman–Crippen LogP) is 14.0. The van der Waals surface area contributed by atoms with E-state index in [1.54, 1.807) is 29.2 Å². The van der Waals surface area contributed by atoms with Gasteiger partial charge in [-0.3, -0.25) is 4.79 Å². The Labute approximate surface area is 403 Å². The number of carboxylic acids is 1. The van der Waals surface area contributed by atoms with Crippen molar-refractivity contribution in [1.82, 2.24) is 9.80 Å². The zero-order chi connectivity index (χ0) is 47.6. The van der Waals surface area contributed by atoms with Crippen LogP contribution < -0.4 is 0 Å². The lowest BCUT2D eigenvalue weighted by molar-refractivity contribution is -0.131. The predicted molar refractivity (Wildman–Crippen MR) is 262 cm³/mol. The molecule has 13 heteroatoms. The maximum atomic E-state index is 13.2. The molecule has 2 aliphatic carbocycles. The Morgan fingerprint density at radius 1 is 0.615 bits per heavy atom. The second-order valence-electron chi connectivity index (χ2n) is 18.3. The van der Waals surface area contributed by atoms with Crippen molar-refractivity contribution >= 4 is 82.5 Å². The van der Waals surface area contributed by atoms with Gasteiger partial charge >= 0.3 is 18.2 Å². The molecule has 0 bridgehead atoms. The monoisotopic (exact) mass is 962 g/mol. The van der Waals surface area contributed by atoms with Gasteiger partial charge in [0, 0.05) is 45.7 Å². The molecule has 4 aromatic carbocycles. The lowest BCUT2D eigenvalue weighted by Crippen LogP contribution is -2.40. The molecule has 0 fully saturated rings. The number of carbonyl (C=O) groups excluding carboxylic acids is 3. The molecule has 1 N–H and O–H groups in total. The summed E-state index contributed by atoms with van der Waals surface area (Å²) in [5.41, 5.74) is 7.04. The molecule has 0 radical (unpaired) electrons. The van der Waals surface area contributed by atoms with Crippen LogP contribution in [0.15, 0.2) is 84.9 Å². The summed E-state index contributed by atoms with van der Waals surface area (Å²) in [5, 5.41) is 11.1. The number of aliphatic carboxylic acids is 1. The maximum absolute atomic E-state index is 13.2. The third-order valence-corrected chi connectivity index (χ3v) is 11.7. The molecule has 2 aliphatic rings. The second kappa shape index (κ2) is 22.6. The molecular weight excluding hydrogens is 906 g/mol. The van der Waals surface area contributed by atoms with Gasteiger partial charge < -0.3 is 24.4 Å². The number of benzene rings is 4. The number of aryl methyl sites for hydroxylation is 2. The van der Waals surface area contributed by atoms with Crippen molar-refractivity contribution in [3.05, 3.63) is 150 Å². The Kier molecular flexibility index (Phi) is 17.8. The van der Waals surface area contributed by atoms with Gasteiger partial charge in [-0.2, -0.15) is 0 Å². The minimum absolute atomic E-state index is 0.0696. The van der Waals surface area contributed by atoms with E-state index in [9.17, 15) is 19.2 Å². The zero-order valence-corrected chi connectivity index (χ0v) is 41.1. The van der Waals surface area contributed by atoms with Gasteiger partial charge in [0.05, 0.1) is 12.1 Å². The summed E-state index contributed by atoms with van der Waals surface area (Å²) in [5.74, 6) is -0.883. The van der Waals surface area contributed by atoms with Crippen molar-refractivity contribution < 1.29 is 33.8 Å². The summed E-state index contributed by atoms with van der Waals surface area (Å²) in [6, 6.07) is 22.7. The van der Waals surface area contributed by atoms with Crippen molar-refractivity contribution in [2.75, 3.05) is 13.1 Å². The van der Waals surface area contributed by atoms with Crippen LogP contribution in [-0.2, 0) is 44.7 Å². The summed E-state index contributed by atoms with van der Waals surface area (Å²) in [6.45, 7) is 14.0. The van der Waals surface area contributed by atoms with Crippen molar-refractivity contribution in [3.8, 4) is 0 Å². The molecule has 346 valence electrons. The molecular formula is C52H58Cl4N2O7. The van der Waals surface area contributed by atoms with Gasteiger partial charge in [-0.15, -0.1) is 0 Å². The Morgan fingerprint density at radius 2 is 1.00 bits per heavy atom. The van der Waals surface area contributed by atoms with Crippen molar-refractivity contribution in [1.29, 1.82) is 0 Å². The quantitative estimate of drug-likeness (QED) is 0.133. The fraction of sp³-hybridized carbons (Fsp3) is 0.385. The van der Waals surface area contributed by atoms with E-state index in [1.807, 2.05) is 108 Å². The highest BCUT2D eigenvalue weighted by molar-refractivity contribution is 6.35. The molecule has 0 spiro atoms. The number of ether oxygens (including phenoxy) is 2. The van der Waals surface area contributed by atoms with Gasteiger partial charge in [-0.25, -0.2) is 14.4 Å². The number of fused-ring (bicyclic) bond motifs is 2. The van der Waals surface area contributed by atoms with Gasteiger partial charge in [-0.1, -0.05) is 95.8 Å². The number of amides is 2. The lowest BCUT2D eigenvalue weighted by Gasteiger charge is -2.32. The molecule has 0 saturated carbocycles. The van der Waals surface area contributed by atoms with E-state index in [0.29, 0.717) is 52.4 Å². The first-order valence-electron chi connectivity index (χ1n) is 21.8. The molecule has 65 heavy (non-hydrogen) atoms. The Bertz CT molecular complexity index is 2390. The Hall–Kier alpha value is -4.80. The summed E-state index contributed by atoms with van der Waals surface area (Å²) >= 11 is 24.6. The smallest absolute Gasteiger partial charge is 0.410 e. The number of hydrogen-bond acceptors (Lipinski definition) is 6. The lowest BCUT2D eigenvalue weighted by atomic mass is 10.0. The Morgan fingerprint density at radius 3 is 1.35 bits per heavy atom. The SMILES string of the molecule is CC(C)(C)OC(=O)N(CCc1cc(Cl)cc(Cl)c1)C1CCc2cc(/C=C/C(=O)O)ccc21.CCC(=O)/C=C/c1ccc2c(c1)CCC2N(CCc1cc(Cl)cc(Cl)c1)C(=O)OC(C)(C)C. The number of allylic oxidation sites excluding steroid dienone is 1. The number of rotatable bonds is 13. The number of hydrogen-bond donors (Lipinski definition) is 1. The first kappa shape index (κ1) is 51.2. The van der Waals surface area contributed by atoms with E-state index < -0.39 is 17.2 Å². The highest BCUT2D eigenvalue weighted by Gasteiger charge is 2.35. The van der Waals surface area contributed by atoms with E-state index >= 15 is 0 Å². The van der Waals surface area contributed by atoms with Crippen LogP contribution in [0, 0.1) is 0 Å². The van der Waals surface area contributed by atoms with Crippen LogP contribution in [0.25, 0.3) is 12.2 Å². The van der Waals surface area contributed by atoms with Crippen LogP contribution >= 0.6 is 46.4 Å². The minimum atomic E-state index is -0.986. The molecule has 4 aromatic rings. The third kappa shape index (κ3) is 15.7. The average Bonchev–Trinajstić information content (AvgIpc) is 3.81. The minimum Gasteiger partial charge on any atom is -0.478 e. The van der Waals surface area contributed by atoms with Crippen LogP contribution in [0.1, 0.15) is 124 Å². The normalized spacial score (nSPS) is 15.6. The van der Waals surface area contributed by atoms with Crippen LogP contribution in [-0.4, -0.2) is 63.1 Å². The maximum Gasteiger partial charge on any atom is 0.410 e. The molecule has 0 aliphatic heterocycles. The van der Waals surface area contributed by atoms with Crippen molar-refractivity contribution in [3.63, 3.8) is 0 Å². The highest BCUT2D eigenvalue weighted by atomic mass is 35.5. The fourth-order valence-electron chi connectivity index (χ4n) is 7.96. The molecule has 9 nitrogen and oxygen atoms in total. The van der Waals surface area contributed by atoms with E-state index in [0.717, 1.165) is 70.7 Å². The summed E-state index contributed by atoms with van der Waals surface area (Å²) < 4.78 is 11.5. The number of ketones is 1. The first-order valence-corrected chi connectivity index (χ1v) is 23.4. The standard InChI is InChI=1S/C27H31Cl2NO3.C25H27Cl2NO4/c1-5-23(31)9-6-18-7-10-24-20(14-18)8-11-25(24)30(26(32)33-27(2,3)4)13-12-19-15-21(28)17-22(29)16-19;1-25(2,3)32-24(31)28(11-10-17-13-19(26)15-20(27)14-17)22-8-6-18-12-16(4-7-21(18)22)5-9-23(29)30/h6-7,9-10,14-17,25H,5,8,11-13H2,1-4H3;4-5,7,9,12-15,22H,6,8,10-11H2,1-3H3,(H,29,30)/b9-6+;9-5+. The van der Waals surface area contributed by atoms with Crippen LogP contribution in [0.4, 0.5) is 9.59 Å². The second-order valence-corrected chi connectivity index (χ2v) is 20.0. The van der Waals surface area contributed by atoms with Gasteiger partial charge in [-0.05, 0) is 173 Å². The fourth-order valence-corrected chi connectivity index (χ4v) is 9.10. The van der Waals surface area contributed by atoms with Crippen molar-refractivity contribution in [2.45, 2.75) is 117 Å². The first-order chi connectivity index (χ1) is 30.6. The topological polar surface area (TPSA) is 113 Å². The summed E-state index contributed by atoms with van der Waals surface area (Å²) in [6.07, 6.45) is 10.4. The zero-order valence-electron chi connectivity index (χ0n) is 38.1. The number of carbonyl (C=O) groups is 4. The number of nitrogens with zero attached hydrogens (tertiary/aromatic N) is 2. The van der Waals surface area contributed by atoms with Crippen molar-refractivity contribution in [2.24, 2.45) is 0 Å². The van der Waals surface area contributed by atoms with E-state index in [2.05, 4.69) is 12.1 Å². The summed E-state index contributed by atoms with van der Waals surface area (Å²) in [7, 11) is 0. The molecule has 2 atom stereocenters. The molecule has 0 aromatic heterocycles. The summed E-state index contributed by atoms with van der Waals surface area (Å²) in [4.78, 5) is 52.3. The van der Waals surface area contributed by atoms with E-state index in [4.69, 9.17) is 61.0 Å². The van der Waals surface area contributed by atoms with E-state index in [-0.39, 0.29) is 30.1 Å². The van der Waals surface area contributed by atoms with Crippen LogP contribution in [0.3, 0.4) is 0 Å². The van der Waals surface area contributed by atoms with E-state index in [1.165, 1.54) is 5.56 Å². The van der Waals surface area contributed by atoms with Gasteiger partial charge in [0.2, 0.25) is 0 Å². The molecule has 0 saturated heterocycles. The van der Waals surface area contributed by atoms with Crippen LogP contribution in [0.2, 0.25) is 20.1 Å². The van der Waals surface area contributed by atoms with Gasteiger partial charge in [0.1, 0.15) is 11.2 Å². The molecule has 2 unspecified atom stereocenters. The highest BCUT2D eigenvalue weighted by Crippen LogP contribution is 2.39. The molecule has 6 rings (SSSR count). The number of halogens is 4. The molecule has 0 heterocycles. The largest absolute Gasteiger partial charge is 0.478 e. The average molecular weight is 965 g/mol. The Balaban J connectivity index is 0.000000244. The van der Waals surface area contributed by atoms with Gasteiger partial charge in [0.15, 0.2) is 5.78 Å².